The number of rotatable bonds is 1. The molecule has 12 atom stereocenters. The van der Waals surface area contributed by atoms with Crippen molar-refractivity contribution < 1.29 is 14.6 Å². The molecule has 6 aliphatic rings. The molecule has 3 nitrogen and oxygen atoms in total. The molecule has 6 rings (SSSR count). The van der Waals surface area contributed by atoms with Crippen LogP contribution < -0.4 is 0 Å². The van der Waals surface area contributed by atoms with Crippen LogP contribution >= 0.6 is 0 Å². The van der Waals surface area contributed by atoms with Gasteiger partial charge in [0.05, 0.1) is 18.8 Å². The lowest BCUT2D eigenvalue weighted by Gasteiger charge is -2.74. The van der Waals surface area contributed by atoms with E-state index >= 15 is 0 Å². The van der Waals surface area contributed by atoms with Gasteiger partial charge in [-0.3, -0.25) is 0 Å². The fourth-order valence-corrected chi connectivity index (χ4v) is 12.3. The molecule has 0 amide bonds. The number of ether oxygens (including phenoxy) is 2. The second kappa shape index (κ2) is 7.60. The average molecular weight is 485 g/mol. The van der Waals surface area contributed by atoms with Crippen LogP contribution in [0.1, 0.15) is 106 Å². The summed E-state index contributed by atoms with van der Waals surface area (Å²) in [7, 11) is 0. The van der Waals surface area contributed by atoms with Gasteiger partial charge in [0.25, 0.3) is 0 Å². The Morgan fingerprint density at radius 2 is 1.63 bits per heavy atom. The predicted octanol–water partition coefficient (Wildman–Crippen LogP) is 7.38. The Morgan fingerprint density at radius 1 is 0.886 bits per heavy atom. The summed E-state index contributed by atoms with van der Waals surface area (Å²) in [5.74, 6) is 3.33. The summed E-state index contributed by atoms with van der Waals surface area (Å²) in [5.41, 5.74) is 2.51. The van der Waals surface area contributed by atoms with Crippen molar-refractivity contribution in [2.24, 2.45) is 56.7 Å². The minimum absolute atomic E-state index is 0.0174. The Bertz CT molecular complexity index is 895. The third-order valence-corrected chi connectivity index (χ3v) is 14.2. The van der Waals surface area contributed by atoms with E-state index < -0.39 is 0 Å². The van der Waals surface area contributed by atoms with Gasteiger partial charge in [-0.15, -0.1) is 0 Å². The van der Waals surface area contributed by atoms with Crippen LogP contribution in [-0.2, 0) is 9.47 Å². The molecule has 3 heteroatoms. The molecule has 5 aliphatic carbocycles. The third-order valence-electron chi connectivity index (χ3n) is 14.2. The number of allylic oxidation sites excluding steroid dienone is 1. The molecule has 5 saturated carbocycles. The Labute approximate surface area is 214 Å². The quantitative estimate of drug-likeness (QED) is 0.395. The normalized spacial score (nSPS) is 58.9. The van der Waals surface area contributed by atoms with E-state index in [1.54, 1.807) is 0 Å². The highest BCUT2D eigenvalue weighted by molar-refractivity contribution is 5.23. The molecule has 1 N–H and O–H groups in total. The molecule has 6 fully saturated rings. The van der Waals surface area contributed by atoms with Gasteiger partial charge in [-0.25, -0.2) is 0 Å². The van der Waals surface area contributed by atoms with Crippen molar-refractivity contribution in [2.75, 3.05) is 6.61 Å². The van der Waals surface area contributed by atoms with Gasteiger partial charge in [0.2, 0.25) is 0 Å². The van der Waals surface area contributed by atoms with E-state index in [1.165, 1.54) is 56.9 Å². The van der Waals surface area contributed by atoms with Gasteiger partial charge < -0.3 is 14.6 Å². The van der Waals surface area contributed by atoms with Gasteiger partial charge in [0.15, 0.2) is 6.29 Å². The monoisotopic (exact) mass is 484 g/mol. The molecule has 0 bridgehead atoms. The zero-order chi connectivity index (χ0) is 25.2. The summed E-state index contributed by atoms with van der Waals surface area (Å²) < 4.78 is 13.0. The molecule has 0 radical (unpaired) electrons. The van der Waals surface area contributed by atoms with Crippen molar-refractivity contribution in [2.45, 2.75) is 125 Å². The van der Waals surface area contributed by atoms with Gasteiger partial charge in [-0.2, -0.15) is 0 Å². The maximum atomic E-state index is 11.0. The summed E-state index contributed by atoms with van der Waals surface area (Å²) in [5, 5.41) is 11.0. The van der Waals surface area contributed by atoms with Crippen LogP contribution in [-0.4, -0.2) is 30.2 Å². The van der Waals surface area contributed by atoms with Crippen molar-refractivity contribution in [1.29, 1.82) is 0 Å². The number of aliphatic hydroxyl groups excluding tert-OH is 1. The van der Waals surface area contributed by atoms with Crippen molar-refractivity contribution >= 4 is 0 Å². The zero-order valence-electron chi connectivity index (χ0n) is 23.7. The molecule has 198 valence electrons. The van der Waals surface area contributed by atoms with Crippen LogP contribution in [0.15, 0.2) is 12.2 Å². The van der Waals surface area contributed by atoms with Crippen LogP contribution in [0, 0.1) is 56.7 Å². The van der Waals surface area contributed by atoms with Crippen LogP contribution in [0.3, 0.4) is 0 Å². The Balaban J connectivity index is 1.43. The van der Waals surface area contributed by atoms with E-state index in [-0.39, 0.29) is 28.6 Å². The summed E-state index contributed by atoms with van der Waals surface area (Å²) in [6, 6.07) is 0. The average Bonchev–Trinajstić information content (AvgIpc) is 3.16. The van der Waals surface area contributed by atoms with E-state index in [4.69, 9.17) is 9.47 Å². The highest BCUT2D eigenvalue weighted by Gasteiger charge is 2.73. The zero-order valence-corrected chi connectivity index (χ0v) is 23.7. The van der Waals surface area contributed by atoms with E-state index in [2.05, 4.69) is 55.0 Å². The first-order valence-corrected chi connectivity index (χ1v) is 14.9. The predicted molar refractivity (Wildman–Crippen MR) is 141 cm³/mol. The van der Waals surface area contributed by atoms with Crippen molar-refractivity contribution in [1.82, 2.24) is 0 Å². The lowest BCUT2D eigenvalue weighted by molar-refractivity contribution is -0.326. The standard InChI is InChI=1S/C32H52O3/c1-19(2)21-11-16-32-18-34-20(3)35-26(32)17-31(8)22(27(21)32)9-10-24-29(6)14-13-25(33)28(4,5)23(29)12-15-30(24,31)7/h20-27,33H,1,9-18H2,2-8H3. The molecule has 1 saturated heterocycles. The third kappa shape index (κ3) is 2.96. The molecule has 12 unspecified atom stereocenters. The van der Waals surface area contributed by atoms with E-state index in [1.807, 2.05) is 0 Å². The summed E-state index contributed by atoms with van der Waals surface area (Å²) >= 11 is 0. The van der Waals surface area contributed by atoms with Crippen LogP contribution in [0.4, 0.5) is 0 Å². The molecule has 0 aromatic carbocycles. The van der Waals surface area contributed by atoms with Crippen LogP contribution in [0.2, 0.25) is 0 Å². The smallest absolute Gasteiger partial charge is 0.155 e. The highest BCUT2D eigenvalue weighted by Crippen LogP contribution is 2.78. The first-order valence-electron chi connectivity index (χ1n) is 14.9. The van der Waals surface area contributed by atoms with Gasteiger partial charge in [-0.05, 0) is 123 Å². The van der Waals surface area contributed by atoms with E-state index in [0.717, 1.165) is 24.9 Å². The molecular formula is C32H52O3. The fourth-order valence-electron chi connectivity index (χ4n) is 12.3. The highest BCUT2D eigenvalue weighted by atomic mass is 16.7. The Morgan fingerprint density at radius 3 is 2.34 bits per heavy atom. The minimum Gasteiger partial charge on any atom is -0.393 e. The van der Waals surface area contributed by atoms with Crippen molar-refractivity contribution in [3.05, 3.63) is 12.2 Å². The largest absolute Gasteiger partial charge is 0.393 e. The Hall–Kier alpha value is -0.380. The molecule has 1 aliphatic heterocycles. The van der Waals surface area contributed by atoms with Gasteiger partial charge in [-0.1, -0.05) is 46.8 Å². The first kappa shape index (κ1) is 24.9. The molecular weight excluding hydrogens is 432 g/mol. The second-order valence-corrected chi connectivity index (χ2v) is 15.5. The number of aliphatic hydroxyl groups is 1. The van der Waals surface area contributed by atoms with Crippen LogP contribution in [0.5, 0.6) is 0 Å². The van der Waals surface area contributed by atoms with Crippen molar-refractivity contribution in [3.63, 3.8) is 0 Å². The minimum atomic E-state index is -0.154. The maximum absolute atomic E-state index is 11.0. The lowest BCUT2D eigenvalue weighted by atomic mass is 9.32. The van der Waals surface area contributed by atoms with E-state index in [0.29, 0.717) is 34.7 Å². The Kier molecular flexibility index (Phi) is 5.41. The van der Waals surface area contributed by atoms with Gasteiger partial charge >= 0.3 is 0 Å². The molecule has 35 heavy (non-hydrogen) atoms. The molecule has 1 heterocycles. The summed E-state index contributed by atoms with van der Waals surface area (Å²) in [6.45, 7) is 22.5. The summed E-state index contributed by atoms with van der Waals surface area (Å²) in [4.78, 5) is 0. The van der Waals surface area contributed by atoms with E-state index in [9.17, 15) is 5.11 Å². The maximum Gasteiger partial charge on any atom is 0.155 e. The lowest BCUT2D eigenvalue weighted by Crippen LogP contribution is -2.70. The first-order chi connectivity index (χ1) is 16.3. The second-order valence-electron chi connectivity index (χ2n) is 15.5. The molecule has 1 spiro atoms. The number of hydrogen-bond donors (Lipinski definition) is 1. The van der Waals surface area contributed by atoms with Gasteiger partial charge in [0.1, 0.15) is 0 Å². The number of fused-ring (bicyclic) bond motifs is 6. The van der Waals surface area contributed by atoms with Crippen LogP contribution in [0.25, 0.3) is 0 Å². The summed E-state index contributed by atoms with van der Waals surface area (Å²) in [6.07, 6.45) is 11.2. The van der Waals surface area contributed by atoms with Crippen molar-refractivity contribution in [3.8, 4) is 0 Å². The topological polar surface area (TPSA) is 38.7 Å². The SMILES string of the molecule is C=C(C)C1CCC23COC(C)OC2CC2(C)C(CCC4C5(C)CCC(O)C(C)(C)C5CCC42C)C13. The number of hydrogen-bond acceptors (Lipinski definition) is 3. The van der Waals surface area contributed by atoms with Gasteiger partial charge in [0, 0.05) is 5.41 Å². The molecule has 0 aromatic heterocycles. The molecule has 0 aromatic rings. The fraction of sp³-hybridized carbons (Fsp3) is 0.938.